The van der Waals surface area contributed by atoms with Gasteiger partial charge in [0, 0.05) is 38.8 Å². The summed E-state index contributed by atoms with van der Waals surface area (Å²) in [7, 11) is -2.91. The van der Waals surface area contributed by atoms with Crippen LogP contribution in [-0.4, -0.2) is 74.5 Å². The summed E-state index contributed by atoms with van der Waals surface area (Å²) in [6.07, 6.45) is 2.19. The van der Waals surface area contributed by atoms with Crippen LogP contribution in [0.1, 0.15) is 33.6 Å². The van der Waals surface area contributed by atoms with Crippen LogP contribution in [0.15, 0.2) is 0 Å². The third-order valence-electron chi connectivity index (χ3n) is 4.30. The molecule has 0 amide bonds. The summed E-state index contributed by atoms with van der Waals surface area (Å²) in [5.74, 6) is 0.282. The van der Waals surface area contributed by atoms with Crippen molar-refractivity contribution in [2.24, 2.45) is 5.73 Å². The summed E-state index contributed by atoms with van der Waals surface area (Å²) in [4.78, 5) is 4.77. The summed E-state index contributed by atoms with van der Waals surface area (Å²) in [6, 6.07) is 0.585. The van der Waals surface area contributed by atoms with E-state index >= 15 is 0 Å². The number of hydrogen-bond acceptors (Lipinski definition) is 5. The Morgan fingerprint density at radius 3 is 2.20 bits per heavy atom. The summed E-state index contributed by atoms with van der Waals surface area (Å²) < 4.78 is 23.7. The van der Waals surface area contributed by atoms with Crippen molar-refractivity contribution in [1.29, 1.82) is 0 Å². The van der Waals surface area contributed by atoms with Crippen molar-refractivity contribution in [3.05, 3.63) is 0 Å². The Bertz CT molecular complexity index is 363. The van der Waals surface area contributed by atoms with Gasteiger partial charge in [-0.25, -0.2) is 8.42 Å². The fourth-order valence-electron chi connectivity index (χ4n) is 2.68. The van der Waals surface area contributed by atoms with Gasteiger partial charge in [-0.3, -0.25) is 9.80 Å². The third kappa shape index (κ3) is 5.31. The first-order chi connectivity index (χ1) is 9.40. The number of nitrogens with two attached hydrogens (primary N) is 1. The van der Waals surface area contributed by atoms with Crippen LogP contribution in [0.2, 0.25) is 0 Å². The first-order valence-corrected chi connectivity index (χ1v) is 9.50. The van der Waals surface area contributed by atoms with Crippen LogP contribution in [0.3, 0.4) is 0 Å². The molecule has 1 heterocycles. The minimum atomic E-state index is -2.91. The molecule has 0 aromatic carbocycles. The Hall–Kier alpha value is -0.170. The molecular weight excluding hydrogens is 274 g/mol. The van der Waals surface area contributed by atoms with E-state index in [1.54, 1.807) is 13.8 Å². The van der Waals surface area contributed by atoms with Gasteiger partial charge < -0.3 is 5.73 Å². The fourth-order valence-corrected chi connectivity index (χ4v) is 3.67. The van der Waals surface area contributed by atoms with E-state index in [1.165, 1.54) is 0 Å². The van der Waals surface area contributed by atoms with E-state index in [0.717, 1.165) is 45.6 Å². The molecule has 0 aromatic heterocycles. The van der Waals surface area contributed by atoms with Crippen molar-refractivity contribution in [3.8, 4) is 0 Å². The van der Waals surface area contributed by atoms with Crippen LogP contribution in [-0.2, 0) is 9.84 Å². The standard InChI is InChI=1S/C14H31N3O2S/c1-4-14(5-6-15)17-9-7-16(8-10-17)11-12-20(18,19)13(2)3/h13-14H,4-12,15H2,1-3H3. The largest absolute Gasteiger partial charge is 0.330 e. The molecule has 120 valence electrons. The van der Waals surface area contributed by atoms with E-state index in [1.807, 2.05) is 0 Å². The van der Waals surface area contributed by atoms with E-state index in [9.17, 15) is 8.42 Å². The molecule has 1 unspecified atom stereocenters. The van der Waals surface area contributed by atoms with E-state index in [2.05, 4.69) is 16.7 Å². The second-order valence-corrected chi connectivity index (χ2v) is 8.61. The van der Waals surface area contributed by atoms with Gasteiger partial charge in [-0.05, 0) is 33.2 Å². The molecule has 1 rings (SSSR count). The van der Waals surface area contributed by atoms with E-state index < -0.39 is 9.84 Å². The zero-order valence-corrected chi connectivity index (χ0v) is 14.0. The lowest BCUT2D eigenvalue weighted by molar-refractivity contribution is 0.0946. The predicted octanol–water partition coefficient (Wildman–Crippen LogP) is 0.555. The zero-order chi connectivity index (χ0) is 15.2. The molecule has 0 spiro atoms. The van der Waals surface area contributed by atoms with Crippen LogP contribution >= 0.6 is 0 Å². The second-order valence-electron chi connectivity index (χ2n) is 5.93. The number of sulfone groups is 1. The van der Waals surface area contributed by atoms with Gasteiger partial charge in [0.15, 0.2) is 9.84 Å². The average molecular weight is 305 g/mol. The molecule has 1 aliphatic heterocycles. The lowest BCUT2D eigenvalue weighted by Crippen LogP contribution is -2.51. The minimum Gasteiger partial charge on any atom is -0.330 e. The first kappa shape index (κ1) is 17.9. The van der Waals surface area contributed by atoms with Crippen molar-refractivity contribution in [1.82, 2.24) is 9.80 Å². The molecule has 2 N–H and O–H groups in total. The minimum absolute atomic E-state index is 0.266. The van der Waals surface area contributed by atoms with E-state index in [4.69, 9.17) is 5.73 Å². The van der Waals surface area contributed by atoms with Crippen LogP contribution < -0.4 is 5.73 Å². The third-order valence-corrected chi connectivity index (χ3v) is 6.49. The monoisotopic (exact) mass is 305 g/mol. The maximum Gasteiger partial charge on any atom is 0.153 e. The van der Waals surface area contributed by atoms with Gasteiger partial charge in [-0.2, -0.15) is 0 Å². The molecule has 1 saturated heterocycles. The molecule has 5 nitrogen and oxygen atoms in total. The summed E-state index contributed by atoms with van der Waals surface area (Å²) >= 11 is 0. The molecule has 20 heavy (non-hydrogen) atoms. The fraction of sp³-hybridized carbons (Fsp3) is 1.00. The highest BCUT2D eigenvalue weighted by Gasteiger charge is 2.24. The van der Waals surface area contributed by atoms with Crippen molar-refractivity contribution >= 4 is 9.84 Å². The molecule has 0 radical (unpaired) electrons. The normalized spacial score (nSPS) is 20.4. The lowest BCUT2D eigenvalue weighted by Gasteiger charge is -2.39. The van der Waals surface area contributed by atoms with Gasteiger partial charge >= 0.3 is 0 Å². The summed E-state index contributed by atoms with van der Waals surface area (Å²) in [6.45, 7) is 11.1. The molecule has 1 atom stereocenters. The zero-order valence-electron chi connectivity index (χ0n) is 13.2. The molecule has 1 aliphatic rings. The highest BCUT2D eigenvalue weighted by Crippen LogP contribution is 2.12. The maximum atomic E-state index is 11.8. The Kier molecular flexibility index (Phi) is 7.43. The summed E-state index contributed by atoms with van der Waals surface area (Å²) in [5.41, 5.74) is 5.66. The van der Waals surface area contributed by atoms with E-state index in [0.29, 0.717) is 12.6 Å². The maximum absolute atomic E-state index is 11.8. The highest BCUT2D eigenvalue weighted by atomic mass is 32.2. The number of hydrogen-bond donors (Lipinski definition) is 1. The molecule has 0 bridgehead atoms. The van der Waals surface area contributed by atoms with Crippen molar-refractivity contribution in [2.75, 3.05) is 45.0 Å². The molecule has 6 heteroatoms. The van der Waals surface area contributed by atoms with Crippen molar-refractivity contribution in [3.63, 3.8) is 0 Å². The van der Waals surface area contributed by atoms with Crippen molar-refractivity contribution in [2.45, 2.75) is 44.9 Å². The molecule has 0 saturated carbocycles. The predicted molar refractivity (Wildman–Crippen MR) is 84.7 cm³/mol. The van der Waals surface area contributed by atoms with Crippen LogP contribution in [0.25, 0.3) is 0 Å². The lowest BCUT2D eigenvalue weighted by atomic mass is 10.1. The topological polar surface area (TPSA) is 66.6 Å². The van der Waals surface area contributed by atoms with Crippen LogP contribution in [0, 0.1) is 0 Å². The molecule has 0 aromatic rings. The Morgan fingerprint density at radius 1 is 1.15 bits per heavy atom. The summed E-state index contributed by atoms with van der Waals surface area (Å²) in [5, 5.41) is -0.266. The SMILES string of the molecule is CCC(CCN)N1CCN(CCS(=O)(=O)C(C)C)CC1. The van der Waals surface area contributed by atoms with Gasteiger partial charge in [0.05, 0.1) is 11.0 Å². The van der Waals surface area contributed by atoms with Crippen LogP contribution in [0.4, 0.5) is 0 Å². The Balaban J connectivity index is 2.35. The number of rotatable bonds is 8. The molecular formula is C14H31N3O2S. The van der Waals surface area contributed by atoms with Gasteiger partial charge in [0.2, 0.25) is 0 Å². The average Bonchev–Trinajstić information content (AvgIpc) is 2.43. The molecule has 1 fully saturated rings. The van der Waals surface area contributed by atoms with Gasteiger partial charge in [-0.15, -0.1) is 0 Å². The van der Waals surface area contributed by atoms with Gasteiger partial charge in [0.25, 0.3) is 0 Å². The quantitative estimate of drug-likeness (QED) is 0.709. The van der Waals surface area contributed by atoms with Gasteiger partial charge in [0.1, 0.15) is 0 Å². The first-order valence-electron chi connectivity index (χ1n) is 7.78. The molecule has 0 aliphatic carbocycles. The smallest absolute Gasteiger partial charge is 0.153 e. The highest BCUT2D eigenvalue weighted by molar-refractivity contribution is 7.92. The number of nitrogens with zero attached hydrogens (tertiary/aromatic N) is 2. The Morgan fingerprint density at radius 2 is 1.75 bits per heavy atom. The van der Waals surface area contributed by atoms with Crippen molar-refractivity contribution < 1.29 is 8.42 Å². The van der Waals surface area contributed by atoms with E-state index in [-0.39, 0.29) is 11.0 Å². The van der Waals surface area contributed by atoms with Crippen LogP contribution in [0.5, 0.6) is 0 Å². The number of piperazine rings is 1. The second kappa shape index (κ2) is 8.32. The van der Waals surface area contributed by atoms with Gasteiger partial charge in [-0.1, -0.05) is 6.92 Å². The Labute approximate surface area is 124 Å².